The predicted molar refractivity (Wildman–Crippen MR) is 85.8 cm³/mol. The second-order valence-electron chi connectivity index (χ2n) is 5.93. The minimum absolute atomic E-state index is 0.0180. The summed E-state index contributed by atoms with van der Waals surface area (Å²) in [5, 5.41) is 10.1. The van der Waals surface area contributed by atoms with Gasteiger partial charge in [-0.25, -0.2) is 13.1 Å². The molecule has 0 aliphatic carbocycles. The summed E-state index contributed by atoms with van der Waals surface area (Å²) in [6, 6.07) is 1.77. The highest BCUT2D eigenvalue weighted by atomic mass is 32.2. The van der Waals surface area contributed by atoms with Crippen molar-refractivity contribution in [2.75, 3.05) is 12.3 Å². The van der Waals surface area contributed by atoms with Gasteiger partial charge in [-0.05, 0) is 56.9 Å². The number of benzene rings is 1. The number of aryl methyl sites for hydroxylation is 1. The Morgan fingerprint density at radius 1 is 1.29 bits per heavy atom. The van der Waals surface area contributed by atoms with E-state index in [0.717, 1.165) is 12.0 Å². The Morgan fingerprint density at radius 3 is 2.38 bits per heavy atom. The summed E-state index contributed by atoms with van der Waals surface area (Å²) in [7, 11) is -3.71. The highest BCUT2D eigenvalue weighted by Gasteiger charge is 2.26. The van der Waals surface area contributed by atoms with Crippen LogP contribution in [0.5, 0.6) is 0 Å². The van der Waals surface area contributed by atoms with Crippen LogP contribution in [0.25, 0.3) is 0 Å². The number of nitrogen functional groups attached to an aromatic ring is 1. The van der Waals surface area contributed by atoms with Crippen molar-refractivity contribution in [3.63, 3.8) is 0 Å². The number of aliphatic hydroxyl groups is 1. The van der Waals surface area contributed by atoms with Crippen molar-refractivity contribution in [3.8, 4) is 0 Å². The molecule has 0 radical (unpaired) electrons. The SMILES string of the molecule is CCCC(C)(O)CNS(=O)(=O)c1c(C)c(C)cc(N)c1C. The van der Waals surface area contributed by atoms with Crippen molar-refractivity contribution in [1.29, 1.82) is 0 Å². The molecule has 5 nitrogen and oxygen atoms in total. The fourth-order valence-electron chi connectivity index (χ4n) is 2.39. The van der Waals surface area contributed by atoms with E-state index < -0.39 is 15.6 Å². The van der Waals surface area contributed by atoms with Gasteiger partial charge < -0.3 is 10.8 Å². The van der Waals surface area contributed by atoms with Gasteiger partial charge in [-0.15, -0.1) is 0 Å². The van der Waals surface area contributed by atoms with Crippen LogP contribution in [0.1, 0.15) is 43.4 Å². The number of sulfonamides is 1. The second-order valence-corrected chi connectivity index (χ2v) is 7.64. The van der Waals surface area contributed by atoms with Crippen LogP contribution in [0.3, 0.4) is 0 Å². The Labute approximate surface area is 127 Å². The van der Waals surface area contributed by atoms with Crippen LogP contribution in [0.4, 0.5) is 5.69 Å². The predicted octanol–water partition coefficient (Wildman–Crippen LogP) is 2.02. The molecule has 1 aromatic rings. The maximum atomic E-state index is 12.6. The van der Waals surface area contributed by atoms with Crippen molar-refractivity contribution < 1.29 is 13.5 Å². The lowest BCUT2D eigenvalue weighted by Crippen LogP contribution is -2.40. The van der Waals surface area contributed by atoms with E-state index >= 15 is 0 Å². The topological polar surface area (TPSA) is 92.4 Å². The monoisotopic (exact) mass is 314 g/mol. The molecule has 0 amide bonds. The Morgan fingerprint density at radius 2 is 1.86 bits per heavy atom. The third-order valence-electron chi connectivity index (χ3n) is 3.78. The lowest BCUT2D eigenvalue weighted by atomic mass is 10.0. The lowest BCUT2D eigenvalue weighted by molar-refractivity contribution is 0.0554. The molecule has 1 unspecified atom stereocenters. The minimum atomic E-state index is -3.71. The molecule has 120 valence electrons. The van der Waals surface area contributed by atoms with Crippen LogP contribution < -0.4 is 10.5 Å². The van der Waals surface area contributed by atoms with Gasteiger partial charge in [0, 0.05) is 12.2 Å². The van der Waals surface area contributed by atoms with Gasteiger partial charge >= 0.3 is 0 Å². The zero-order valence-corrected chi connectivity index (χ0v) is 14.3. The van der Waals surface area contributed by atoms with Crippen LogP contribution in [0, 0.1) is 20.8 Å². The summed E-state index contributed by atoms with van der Waals surface area (Å²) < 4.78 is 27.6. The van der Waals surface area contributed by atoms with Crippen molar-refractivity contribution in [2.24, 2.45) is 0 Å². The van der Waals surface area contributed by atoms with Crippen LogP contribution in [0.2, 0.25) is 0 Å². The summed E-state index contributed by atoms with van der Waals surface area (Å²) in [4.78, 5) is 0.215. The van der Waals surface area contributed by atoms with Gasteiger partial charge in [0.1, 0.15) is 0 Å². The molecule has 1 rings (SSSR count). The molecular weight excluding hydrogens is 288 g/mol. The van der Waals surface area contributed by atoms with Crippen molar-refractivity contribution in [1.82, 2.24) is 4.72 Å². The first-order valence-corrected chi connectivity index (χ1v) is 8.58. The van der Waals surface area contributed by atoms with E-state index in [0.29, 0.717) is 23.2 Å². The molecule has 0 aliphatic rings. The van der Waals surface area contributed by atoms with Gasteiger partial charge in [0.05, 0.1) is 10.5 Å². The molecule has 0 aliphatic heterocycles. The minimum Gasteiger partial charge on any atom is -0.398 e. The molecule has 1 aromatic carbocycles. The average Bonchev–Trinajstić information content (AvgIpc) is 2.34. The van der Waals surface area contributed by atoms with E-state index in [4.69, 9.17) is 5.73 Å². The quantitative estimate of drug-likeness (QED) is 0.700. The van der Waals surface area contributed by atoms with Crippen LogP contribution >= 0.6 is 0 Å². The summed E-state index contributed by atoms with van der Waals surface area (Å²) in [5.41, 5.74) is 7.33. The van der Waals surface area contributed by atoms with Crippen molar-refractivity contribution in [3.05, 3.63) is 22.8 Å². The van der Waals surface area contributed by atoms with Crippen molar-refractivity contribution >= 4 is 15.7 Å². The van der Waals surface area contributed by atoms with E-state index in [-0.39, 0.29) is 11.4 Å². The molecular formula is C15H26N2O3S. The van der Waals surface area contributed by atoms with Crippen molar-refractivity contribution in [2.45, 2.75) is 58.0 Å². The number of hydrogen-bond donors (Lipinski definition) is 3. The molecule has 0 heterocycles. The summed E-state index contributed by atoms with van der Waals surface area (Å²) in [6.07, 6.45) is 1.31. The van der Waals surface area contributed by atoms with Crippen LogP contribution in [-0.2, 0) is 10.0 Å². The van der Waals surface area contributed by atoms with E-state index in [1.165, 1.54) is 0 Å². The average molecular weight is 314 g/mol. The number of nitrogens with two attached hydrogens (primary N) is 1. The fraction of sp³-hybridized carbons (Fsp3) is 0.600. The smallest absolute Gasteiger partial charge is 0.241 e. The van der Waals surface area contributed by atoms with Gasteiger partial charge in [-0.3, -0.25) is 0 Å². The molecule has 4 N–H and O–H groups in total. The van der Waals surface area contributed by atoms with Crippen LogP contribution in [0.15, 0.2) is 11.0 Å². The van der Waals surface area contributed by atoms with E-state index in [2.05, 4.69) is 4.72 Å². The first-order valence-electron chi connectivity index (χ1n) is 7.10. The molecule has 0 fully saturated rings. The van der Waals surface area contributed by atoms with Gasteiger partial charge in [-0.2, -0.15) is 0 Å². The maximum Gasteiger partial charge on any atom is 0.241 e. The van der Waals surface area contributed by atoms with E-state index in [9.17, 15) is 13.5 Å². The maximum absolute atomic E-state index is 12.6. The second kappa shape index (κ2) is 6.34. The first-order chi connectivity index (χ1) is 9.52. The Kier molecular flexibility index (Phi) is 5.41. The zero-order chi connectivity index (χ0) is 16.4. The third kappa shape index (κ3) is 4.18. The third-order valence-corrected chi connectivity index (χ3v) is 5.45. The number of anilines is 1. The van der Waals surface area contributed by atoms with Gasteiger partial charge in [0.2, 0.25) is 10.0 Å². The normalized spacial score (nSPS) is 15.0. The molecule has 0 bridgehead atoms. The lowest BCUT2D eigenvalue weighted by Gasteiger charge is -2.24. The number of hydrogen-bond acceptors (Lipinski definition) is 4. The summed E-state index contributed by atoms with van der Waals surface area (Å²) in [5.74, 6) is 0. The number of rotatable bonds is 6. The summed E-state index contributed by atoms with van der Waals surface area (Å²) >= 11 is 0. The van der Waals surface area contributed by atoms with E-state index in [1.807, 2.05) is 13.8 Å². The largest absolute Gasteiger partial charge is 0.398 e. The zero-order valence-electron chi connectivity index (χ0n) is 13.4. The molecule has 6 heteroatoms. The van der Waals surface area contributed by atoms with Gasteiger partial charge in [0.15, 0.2) is 0 Å². The molecule has 0 saturated carbocycles. The van der Waals surface area contributed by atoms with Gasteiger partial charge in [0.25, 0.3) is 0 Å². The molecule has 21 heavy (non-hydrogen) atoms. The van der Waals surface area contributed by atoms with Crippen LogP contribution in [-0.4, -0.2) is 25.7 Å². The standard InChI is InChI=1S/C15H26N2O3S/c1-6-7-15(5,18)9-17-21(19,20)14-11(3)10(2)8-13(16)12(14)4/h8,17-18H,6-7,9,16H2,1-5H3. The van der Waals surface area contributed by atoms with Gasteiger partial charge in [-0.1, -0.05) is 13.3 Å². The Bertz CT molecular complexity index is 596. The molecule has 1 atom stereocenters. The van der Waals surface area contributed by atoms with E-state index in [1.54, 1.807) is 26.8 Å². The Balaban J connectivity index is 3.16. The molecule has 0 aromatic heterocycles. The molecule has 0 saturated heterocycles. The first kappa shape index (κ1) is 17.9. The summed E-state index contributed by atoms with van der Waals surface area (Å²) in [6.45, 7) is 8.84. The number of nitrogens with one attached hydrogen (secondary N) is 1. The molecule has 0 spiro atoms. The Hall–Kier alpha value is -1.11. The fourth-order valence-corrected chi connectivity index (χ4v) is 4.12. The highest BCUT2D eigenvalue weighted by molar-refractivity contribution is 7.89. The highest BCUT2D eigenvalue weighted by Crippen LogP contribution is 2.28.